The Kier molecular flexibility index (Phi) is 7.35. The zero-order valence-electron chi connectivity index (χ0n) is 15.5. The van der Waals surface area contributed by atoms with Crippen LogP contribution in [0.25, 0.3) is 0 Å². The van der Waals surface area contributed by atoms with Crippen molar-refractivity contribution < 1.29 is 14.3 Å². The summed E-state index contributed by atoms with van der Waals surface area (Å²) in [5.41, 5.74) is 8.37. The van der Waals surface area contributed by atoms with E-state index in [0.717, 1.165) is 30.3 Å². The fourth-order valence-corrected chi connectivity index (χ4v) is 3.79. The lowest BCUT2D eigenvalue weighted by molar-refractivity contribution is -0.0249. The topological polar surface area (TPSA) is 102 Å². The number of H-pyrrole nitrogens is 1. The first kappa shape index (κ1) is 20.7. The number of nitrogens with zero attached hydrogens (tertiary/aromatic N) is 2. The van der Waals surface area contributed by atoms with E-state index in [-0.39, 0.29) is 18.1 Å². The van der Waals surface area contributed by atoms with Gasteiger partial charge in [-0.15, -0.1) is 0 Å². The number of aldehydes is 1. The van der Waals surface area contributed by atoms with E-state index in [0.29, 0.717) is 30.3 Å². The van der Waals surface area contributed by atoms with Gasteiger partial charge >= 0.3 is 0 Å². The van der Waals surface area contributed by atoms with Crippen LogP contribution >= 0.6 is 22.9 Å². The molecule has 0 bridgehead atoms. The van der Waals surface area contributed by atoms with Crippen molar-refractivity contribution in [2.45, 2.75) is 32.2 Å². The number of carbonyl (C=O) groups excluding carboxylic acids is 1. The van der Waals surface area contributed by atoms with Crippen molar-refractivity contribution in [2.24, 2.45) is 19.8 Å². The van der Waals surface area contributed by atoms with Crippen LogP contribution in [0, 0.1) is 5.92 Å². The van der Waals surface area contributed by atoms with E-state index in [2.05, 4.69) is 20.1 Å². The third-order valence-electron chi connectivity index (χ3n) is 4.71. The first-order valence-electron chi connectivity index (χ1n) is 9.05. The van der Waals surface area contributed by atoms with E-state index >= 15 is 0 Å². The second-order valence-corrected chi connectivity index (χ2v) is 7.23. The molecule has 3 N–H and O–H groups in total. The van der Waals surface area contributed by atoms with Crippen LogP contribution in [0.4, 0.5) is 0 Å². The van der Waals surface area contributed by atoms with E-state index < -0.39 is 0 Å². The first-order valence-corrected chi connectivity index (χ1v) is 10.0. The Balaban J connectivity index is 1.65. The van der Waals surface area contributed by atoms with E-state index in [9.17, 15) is 4.79 Å². The summed E-state index contributed by atoms with van der Waals surface area (Å²) in [7, 11) is 0. The Labute approximate surface area is 177 Å². The van der Waals surface area contributed by atoms with Crippen LogP contribution in [-0.4, -0.2) is 36.2 Å². The molecule has 2 heterocycles. The maximum atomic E-state index is 11.5. The molecule has 1 saturated heterocycles. The highest BCUT2D eigenvalue weighted by atomic mass is 127. The lowest BCUT2D eigenvalue weighted by Crippen LogP contribution is -2.15. The molecule has 7 nitrogen and oxygen atoms in total. The summed E-state index contributed by atoms with van der Waals surface area (Å²) >= 11 is 1.83. The molecule has 28 heavy (non-hydrogen) atoms. The summed E-state index contributed by atoms with van der Waals surface area (Å²) in [4.78, 5) is 18.7. The molecule has 3 unspecified atom stereocenters. The van der Waals surface area contributed by atoms with Crippen molar-refractivity contribution >= 4 is 41.3 Å². The second kappa shape index (κ2) is 9.94. The van der Waals surface area contributed by atoms with Crippen molar-refractivity contribution in [3.8, 4) is 0 Å². The Morgan fingerprint density at radius 2 is 2.21 bits per heavy atom. The quantitative estimate of drug-likeness (QED) is 0.266. The standard InChI is InChI=1S/C20H23IN4O3/c1-13-7-16(11-27-10-14-5-3-2-4-6-14)28-19(13)17-8-15(9-26)18(24-17)20(25-21)23-12-22/h2-6,8-9,12-13,16,19,24H,7,10-11H2,1H3,(H2,22,23,25). The number of rotatable bonds is 7. The van der Waals surface area contributed by atoms with E-state index in [1.807, 2.05) is 53.2 Å². The number of aliphatic imine (C=N–C) groups is 1. The number of benzene rings is 1. The molecular weight excluding hydrogens is 471 g/mol. The molecule has 8 heteroatoms. The van der Waals surface area contributed by atoms with Crippen LogP contribution < -0.4 is 5.73 Å². The summed E-state index contributed by atoms with van der Waals surface area (Å²) in [6.45, 7) is 3.23. The Morgan fingerprint density at radius 1 is 1.43 bits per heavy atom. The van der Waals surface area contributed by atoms with Gasteiger partial charge in [0, 0.05) is 11.3 Å². The predicted octanol–water partition coefficient (Wildman–Crippen LogP) is 3.59. The summed E-state index contributed by atoms with van der Waals surface area (Å²) in [5, 5.41) is 0. The lowest BCUT2D eigenvalue weighted by atomic mass is 9.99. The average Bonchev–Trinajstić information content (AvgIpc) is 3.30. The number of nitrogens with two attached hydrogens (primary N) is 1. The predicted molar refractivity (Wildman–Crippen MR) is 117 cm³/mol. The molecule has 0 saturated carbocycles. The second-order valence-electron chi connectivity index (χ2n) is 6.75. The van der Waals surface area contributed by atoms with Gasteiger partial charge in [0.25, 0.3) is 0 Å². The zero-order chi connectivity index (χ0) is 19.9. The summed E-state index contributed by atoms with van der Waals surface area (Å²) in [6.07, 6.45) is 2.69. The molecule has 0 radical (unpaired) electrons. The number of carbonyl (C=O) groups is 1. The molecule has 1 aromatic heterocycles. The van der Waals surface area contributed by atoms with Crippen molar-refractivity contribution in [3.63, 3.8) is 0 Å². The normalized spacial score (nSPS) is 22.8. The molecule has 3 rings (SSSR count). The van der Waals surface area contributed by atoms with Crippen LogP contribution in [0.3, 0.4) is 0 Å². The Hall–Kier alpha value is -2.04. The van der Waals surface area contributed by atoms with Crippen LogP contribution in [0.2, 0.25) is 0 Å². The fraction of sp³-hybridized carbons (Fsp3) is 0.350. The van der Waals surface area contributed by atoms with Gasteiger partial charge in [-0.2, -0.15) is 3.21 Å². The highest BCUT2D eigenvalue weighted by Crippen LogP contribution is 2.38. The van der Waals surface area contributed by atoms with Gasteiger partial charge in [-0.05, 0) is 24.0 Å². The van der Waals surface area contributed by atoms with Gasteiger partial charge in [0.1, 0.15) is 6.10 Å². The maximum absolute atomic E-state index is 11.5. The molecule has 1 fully saturated rings. The Morgan fingerprint density at radius 3 is 2.89 bits per heavy atom. The van der Waals surface area contributed by atoms with Gasteiger partial charge in [-0.1, -0.05) is 37.3 Å². The summed E-state index contributed by atoms with van der Waals surface area (Å²) in [5.74, 6) is 0.652. The molecule has 2 aromatic rings. The monoisotopic (exact) mass is 494 g/mol. The summed E-state index contributed by atoms with van der Waals surface area (Å²) < 4.78 is 16.1. The van der Waals surface area contributed by atoms with Crippen LogP contribution in [0.5, 0.6) is 0 Å². The number of ether oxygens (including phenoxy) is 2. The van der Waals surface area contributed by atoms with E-state index in [1.165, 1.54) is 0 Å². The minimum atomic E-state index is -0.143. The minimum Gasteiger partial charge on any atom is -0.390 e. The number of hydrogen-bond acceptors (Lipinski definition) is 4. The molecule has 3 atom stereocenters. The van der Waals surface area contributed by atoms with Crippen molar-refractivity contribution in [1.82, 2.24) is 4.98 Å². The number of amidine groups is 1. The maximum Gasteiger partial charge on any atom is 0.184 e. The van der Waals surface area contributed by atoms with Crippen molar-refractivity contribution in [1.29, 1.82) is 0 Å². The average molecular weight is 494 g/mol. The number of aromatic nitrogens is 1. The lowest BCUT2D eigenvalue weighted by Gasteiger charge is -2.14. The molecular formula is C20H23IN4O3. The largest absolute Gasteiger partial charge is 0.390 e. The SMILES string of the molecule is CC1CC(COCc2ccccc2)OC1c1cc(C=O)c(/C(N=CN)=N/I)[nH]1. The molecule has 1 aliphatic heterocycles. The fourth-order valence-electron chi connectivity index (χ4n) is 3.43. The number of hydrogen-bond donors (Lipinski definition) is 2. The van der Waals surface area contributed by atoms with Crippen LogP contribution in [0.15, 0.2) is 44.6 Å². The molecule has 1 aliphatic rings. The van der Waals surface area contributed by atoms with Gasteiger partial charge in [0.05, 0.1) is 54.2 Å². The van der Waals surface area contributed by atoms with Gasteiger partial charge in [-0.3, -0.25) is 4.79 Å². The van der Waals surface area contributed by atoms with Crippen LogP contribution in [-0.2, 0) is 16.1 Å². The van der Waals surface area contributed by atoms with Gasteiger partial charge < -0.3 is 20.2 Å². The zero-order valence-corrected chi connectivity index (χ0v) is 17.7. The van der Waals surface area contributed by atoms with Crippen LogP contribution in [0.1, 0.15) is 46.8 Å². The van der Waals surface area contributed by atoms with E-state index in [4.69, 9.17) is 15.2 Å². The summed E-state index contributed by atoms with van der Waals surface area (Å²) in [6, 6.07) is 11.9. The minimum absolute atomic E-state index is 0.00918. The molecule has 1 aromatic carbocycles. The van der Waals surface area contributed by atoms with Crippen molar-refractivity contribution in [3.05, 3.63) is 58.9 Å². The third-order valence-corrected chi connectivity index (χ3v) is 5.17. The van der Waals surface area contributed by atoms with Crippen molar-refractivity contribution in [2.75, 3.05) is 6.61 Å². The Bertz CT molecular complexity index is 850. The highest BCUT2D eigenvalue weighted by Gasteiger charge is 2.35. The number of nitrogens with one attached hydrogen (secondary N) is 1. The third kappa shape index (κ3) is 4.86. The highest BCUT2D eigenvalue weighted by molar-refractivity contribution is 14.1. The van der Waals surface area contributed by atoms with E-state index in [1.54, 1.807) is 6.07 Å². The molecule has 0 spiro atoms. The first-order chi connectivity index (χ1) is 13.7. The number of halogens is 1. The number of aromatic amines is 1. The van der Waals surface area contributed by atoms with Gasteiger partial charge in [-0.25, -0.2) is 4.99 Å². The van der Waals surface area contributed by atoms with Gasteiger partial charge in [0.15, 0.2) is 12.1 Å². The molecule has 148 valence electrons. The molecule has 0 amide bonds. The smallest absolute Gasteiger partial charge is 0.184 e. The van der Waals surface area contributed by atoms with Gasteiger partial charge in [0.2, 0.25) is 0 Å². The molecule has 0 aliphatic carbocycles.